The molecule has 18 N–H and O–H groups in total. The minimum absolute atomic E-state index is 0.0191. The van der Waals surface area contributed by atoms with Gasteiger partial charge in [-0.25, -0.2) is 4.79 Å². The van der Waals surface area contributed by atoms with E-state index in [2.05, 4.69) is 41.9 Å². The van der Waals surface area contributed by atoms with Crippen LogP contribution in [0.25, 0.3) is 0 Å². The maximum absolute atomic E-state index is 14.0. The lowest BCUT2D eigenvalue weighted by molar-refractivity contribution is -0.142. The Labute approximate surface area is 359 Å². The van der Waals surface area contributed by atoms with E-state index in [1.807, 2.05) is 13.8 Å². The van der Waals surface area contributed by atoms with Gasteiger partial charge in [-0.1, -0.05) is 56.3 Å². The molecule has 0 heterocycles. The topological polar surface area (TPSA) is 387 Å². The largest absolute Gasteiger partial charge is 0.508 e. The number of hydrogen-bond acceptors (Lipinski definition) is 11. The van der Waals surface area contributed by atoms with Gasteiger partial charge in [0.05, 0.1) is 19.1 Å². The van der Waals surface area contributed by atoms with E-state index in [4.69, 9.17) is 28.7 Å². The Balaban J connectivity index is 2.17. The van der Waals surface area contributed by atoms with Gasteiger partial charge < -0.3 is 70.8 Å². The number of nitrogens with one attached hydrogen (secondary N) is 6. The number of carbonyl (C=O) groups excluding carboxylic acids is 6. The highest BCUT2D eigenvalue weighted by Crippen LogP contribution is 2.12. The molecule has 22 heteroatoms. The minimum atomic E-state index is -1.35. The number of aliphatic carboxylic acids is 1. The minimum Gasteiger partial charge on any atom is -0.508 e. The quantitative estimate of drug-likeness (QED) is 0.0241. The maximum atomic E-state index is 14.0. The van der Waals surface area contributed by atoms with E-state index in [9.17, 15) is 43.8 Å². The van der Waals surface area contributed by atoms with Crippen molar-refractivity contribution in [2.24, 2.45) is 44.6 Å². The number of hydrogen-bond donors (Lipinski definition) is 13. The van der Waals surface area contributed by atoms with Crippen LogP contribution < -0.4 is 60.6 Å². The molecule has 0 aromatic heterocycles. The number of nitrogens with zero attached hydrogens (tertiary/aromatic N) is 2. The summed E-state index contributed by atoms with van der Waals surface area (Å²) in [5, 5.41) is 34.4. The number of rotatable bonds is 27. The van der Waals surface area contributed by atoms with E-state index in [1.54, 1.807) is 42.5 Å². The fourth-order valence-corrected chi connectivity index (χ4v) is 5.88. The number of aliphatic imine (C=N–C) groups is 2. The number of carboxylic acid groups (broad SMARTS) is 1. The summed E-state index contributed by atoms with van der Waals surface area (Å²) < 4.78 is 0. The lowest BCUT2D eigenvalue weighted by Gasteiger charge is -2.27. The van der Waals surface area contributed by atoms with E-state index in [-0.39, 0.29) is 81.6 Å². The Morgan fingerprint density at radius 1 is 0.597 bits per heavy atom. The number of nitrogens with two attached hydrogens (primary N) is 5. The van der Waals surface area contributed by atoms with Crippen molar-refractivity contribution in [3.63, 3.8) is 0 Å². The van der Waals surface area contributed by atoms with Gasteiger partial charge >= 0.3 is 5.97 Å². The summed E-state index contributed by atoms with van der Waals surface area (Å²) in [5.74, 6) is -6.12. The molecule has 2 aromatic rings. The van der Waals surface area contributed by atoms with Crippen LogP contribution in [-0.4, -0.2) is 120 Å². The van der Waals surface area contributed by atoms with Crippen molar-refractivity contribution < 1.29 is 43.8 Å². The summed E-state index contributed by atoms with van der Waals surface area (Å²) in [6, 6.07) is 8.74. The highest BCUT2D eigenvalue weighted by molar-refractivity contribution is 5.96. The lowest BCUT2D eigenvalue weighted by atomic mass is 10.0. The first-order valence-electron chi connectivity index (χ1n) is 20.0. The monoisotopic (exact) mass is 867 g/mol. The third kappa shape index (κ3) is 20.8. The summed E-state index contributed by atoms with van der Waals surface area (Å²) in [4.78, 5) is 99.2. The van der Waals surface area contributed by atoms with Gasteiger partial charge in [0.1, 0.15) is 29.9 Å². The third-order valence-electron chi connectivity index (χ3n) is 9.01. The number of guanidine groups is 2. The summed E-state index contributed by atoms with van der Waals surface area (Å²) in [7, 11) is 0. The van der Waals surface area contributed by atoms with E-state index in [1.165, 1.54) is 12.1 Å². The number of phenolic OH excluding ortho intramolecular Hbond substituents is 1. The van der Waals surface area contributed by atoms with E-state index in [0.29, 0.717) is 11.1 Å². The first kappa shape index (κ1) is 51.2. The van der Waals surface area contributed by atoms with Crippen LogP contribution in [0.3, 0.4) is 0 Å². The summed E-state index contributed by atoms with van der Waals surface area (Å²) in [6.45, 7) is 2.81. The molecule has 2 aromatic carbocycles. The average Bonchev–Trinajstić information content (AvgIpc) is 3.21. The molecule has 5 atom stereocenters. The molecule has 0 bridgehead atoms. The van der Waals surface area contributed by atoms with Crippen molar-refractivity contribution in [3.8, 4) is 5.75 Å². The van der Waals surface area contributed by atoms with Crippen molar-refractivity contribution in [2.75, 3.05) is 26.2 Å². The van der Waals surface area contributed by atoms with Crippen LogP contribution in [0.2, 0.25) is 0 Å². The SMILES string of the molecule is CC(C)C[C@H](NC(=O)CNC(=O)CNC(=O)[C@@H](N)Cc1ccc(O)cc1)C(=O)N[C@@H](Cc1ccccc1)C(=O)N[C@@H](CCCN=C(N)N)C(=O)N[C@@H](CCCN=C(N)N)C(=O)O. The molecule has 340 valence electrons. The first-order valence-corrected chi connectivity index (χ1v) is 20.0. The zero-order valence-corrected chi connectivity index (χ0v) is 35.0. The van der Waals surface area contributed by atoms with Gasteiger partial charge in [0.15, 0.2) is 11.9 Å². The second-order valence-corrected chi connectivity index (χ2v) is 14.8. The van der Waals surface area contributed by atoms with Gasteiger partial charge in [0.25, 0.3) is 0 Å². The van der Waals surface area contributed by atoms with Crippen molar-refractivity contribution in [1.29, 1.82) is 0 Å². The molecule has 0 aliphatic heterocycles. The molecule has 0 spiro atoms. The predicted molar refractivity (Wildman–Crippen MR) is 231 cm³/mol. The summed E-state index contributed by atoms with van der Waals surface area (Å²) in [5.41, 5.74) is 28.8. The van der Waals surface area contributed by atoms with Crippen LogP contribution >= 0.6 is 0 Å². The van der Waals surface area contributed by atoms with Gasteiger partial charge in [-0.3, -0.25) is 38.8 Å². The molecule has 0 fully saturated rings. The number of carboxylic acids is 1. The van der Waals surface area contributed by atoms with Gasteiger partial charge in [-0.15, -0.1) is 0 Å². The molecule has 0 saturated heterocycles. The molecule has 0 unspecified atom stereocenters. The normalized spacial score (nSPS) is 13.2. The lowest BCUT2D eigenvalue weighted by Crippen LogP contribution is -2.58. The number of phenols is 1. The van der Waals surface area contributed by atoms with Gasteiger partial charge in [-0.2, -0.15) is 0 Å². The second-order valence-electron chi connectivity index (χ2n) is 14.8. The molecular formula is C40H61N13O9. The molecule has 0 aliphatic rings. The first-order chi connectivity index (χ1) is 29.3. The predicted octanol–water partition coefficient (Wildman–Crippen LogP) is -3.09. The molecule has 62 heavy (non-hydrogen) atoms. The van der Waals surface area contributed by atoms with Crippen LogP contribution in [0.5, 0.6) is 5.75 Å². The Bertz CT molecular complexity index is 1850. The highest BCUT2D eigenvalue weighted by Gasteiger charge is 2.32. The van der Waals surface area contributed by atoms with Crippen LogP contribution in [0.4, 0.5) is 0 Å². The molecule has 0 aliphatic carbocycles. The molecule has 6 amide bonds. The fourth-order valence-electron chi connectivity index (χ4n) is 5.88. The zero-order chi connectivity index (χ0) is 46.2. The molecule has 2 rings (SSSR count). The number of carbonyl (C=O) groups is 7. The Morgan fingerprint density at radius 3 is 1.66 bits per heavy atom. The van der Waals surface area contributed by atoms with Gasteiger partial charge in [-0.05, 0) is 67.7 Å². The van der Waals surface area contributed by atoms with Crippen molar-refractivity contribution in [1.82, 2.24) is 31.9 Å². The van der Waals surface area contributed by atoms with Crippen LogP contribution in [0.15, 0.2) is 64.6 Å². The highest BCUT2D eigenvalue weighted by atomic mass is 16.4. The Kier molecular flexibility index (Phi) is 22.3. The van der Waals surface area contributed by atoms with Crippen LogP contribution in [-0.2, 0) is 46.4 Å². The Morgan fingerprint density at radius 2 is 1.10 bits per heavy atom. The standard InChI is InChI=1S/C40H61N13O9/c1-23(2)18-30(50-33(56)22-48-32(55)21-49-34(57)27(41)19-25-12-14-26(54)15-13-25)36(59)53-31(20-24-8-4-3-5-9-24)37(60)51-28(10-6-16-46-39(42)43)35(58)52-29(38(61)62)11-7-17-47-40(44)45/h3-5,8-9,12-15,23,27-31,54H,6-7,10-11,16-22,41H2,1-2H3,(H,48,55)(H,49,57)(H,50,56)(H,51,60)(H,52,58)(H,53,59)(H,61,62)(H4,42,43,46)(H4,44,45,47)/t27-,28-,29-,30-,31-/m0/s1. The smallest absolute Gasteiger partial charge is 0.326 e. The summed E-state index contributed by atoms with van der Waals surface area (Å²) in [6.07, 6.45) is 0.626. The number of aromatic hydroxyl groups is 1. The van der Waals surface area contributed by atoms with Gasteiger partial charge in [0, 0.05) is 19.5 Å². The van der Waals surface area contributed by atoms with Gasteiger partial charge in [0.2, 0.25) is 35.4 Å². The summed E-state index contributed by atoms with van der Waals surface area (Å²) >= 11 is 0. The van der Waals surface area contributed by atoms with Crippen molar-refractivity contribution in [3.05, 3.63) is 65.7 Å². The fraction of sp³-hybridized carbons (Fsp3) is 0.475. The molecule has 22 nitrogen and oxygen atoms in total. The molecule has 0 saturated carbocycles. The van der Waals surface area contributed by atoms with Crippen LogP contribution in [0.1, 0.15) is 57.1 Å². The van der Waals surface area contributed by atoms with Crippen molar-refractivity contribution in [2.45, 2.75) is 89.0 Å². The average molecular weight is 868 g/mol. The number of benzene rings is 2. The Hall–Kier alpha value is -6.97. The zero-order valence-electron chi connectivity index (χ0n) is 35.0. The van der Waals surface area contributed by atoms with E-state index >= 15 is 0 Å². The van der Waals surface area contributed by atoms with Crippen LogP contribution in [0, 0.1) is 5.92 Å². The van der Waals surface area contributed by atoms with E-state index in [0.717, 1.165) is 0 Å². The molecule has 0 radical (unpaired) electrons. The van der Waals surface area contributed by atoms with E-state index < -0.39 is 84.7 Å². The second kappa shape index (κ2) is 27.0. The third-order valence-corrected chi connectivity index (χ3v) is 9.01. The molecular weight excluding hydrogens is 807 g/mol. The maximum Gasteiger partial charge on any atom is 0.326 e. The van der Waals surface area contributed by atoms with Crippen molar-refractivity contribution >= 4 is 53.3 Å². The number of amides is 6.